The molecule has 1 aromatic heterocycles. The van der Waals surface area contributed by atoms with Crippen molar-refractivity contribution in [2.75, 3.05) is 23.7 Å². The van der Waals surface area contributed by atoms with E-state index in [2.05, 4.69) is 35.5 Å². The number of nitrogens with zero attached hydrogens (tertiary/aromatic N) is 3. The van der Waals surface area contributed by atoms with Crippen LogP contribution in [0.3, 0.4) is 0 Å². The van der Waals surface area contributed by atoms with Crippen LogP contribution in [0.5, 0.6) is 0 Å². The molecule has 0 amide bonds. The SMILES string of the molecule is CCn1nc(C)c(N)c1N1CCC(CC)(CC)CC1. The minimum atomic E-state index is 0.553. The van der Waals surface area contributed by atoms with Crippen LogP contribution in [-0.2, 0) is 6.54 Å². The molecule has 1 fully saturated rings. The Morgan fingerprint density at radius 1 is 1.16 bits per heavy atom. The van der Waals surface area contributed by atoms with E-state index in [4.69, 9.17) is 5.73 Å². The van der Waals surface area contributed by atoms with E-state index in [9.17, 15) is 0 Å². The van der Waals surface area contributed by atoms with Crippen molar-refractivity contribution in [3.8, 4) is 0 Å². The summed E-state index contributed by atoms with van der Waals surface area (Å²) in [5, 5.41) is 4.53. The predicted octanol–water partition coefficient (Wildman–Crippen LogP) is 3.20. The topological polar surface area (TPSA) is 47.1 Å². The summed E-state index contributed by atoms with van der Waals surface area (Å²) in [6, 6.07) is 0. The zero-order valence-electron chi connectivity index (χ0n) is 12.9. The van der Waals surface area contributed by atoms with Gasteiger partial charge in [-0.2, -0.15) is 5.10 Å². The van der Waals surface area contributed by atoms with Gasteiger partial charge < -0.3 is 10.6 Å². The van der Waals surface area contributed by atoms with Gasteiger partial charge >= 0.3 is 0 Å². The Hall–Kier alpha value is -1.19. The zero-order valence-corrected chi connectivity index (χ0v) is 12.9. The molecule has 2 rings (SSSR count). The smallest absolute Gasteiger partial charge is 0.150 e. The van der Waals surface area contributed by atoms with Gasteiger partial charge in [0.2, 0.25) is 0 Å². The summed E-state index contributed by atoms with van der Waals surface area (Å²) in [5.74, 6) is 1.14. The fraction of sp³-hybridized carbons (Fsp3) is 0.800. The molecule has 4 nitrogen and oxygen atoms in total. The van der Waals surface area contributed by atoms with Gasteiger partial charge in [-0.25, -0.2) is 4.68 Å². The van der Waals surface area contributed by atoms with Gasteiger partial charge in [-0.15, -0.1) is 0 Å². The molecule has 0 saturated carbocycles. The van der Waals surface area contributed by atoms with Crippen molar-refractivity contribution in [1.29, 1.82) is 0 Å². The molecule has 1 aliphatic heterocycles. The molecule has 19 heavy (non-hydrogen) atoms. The largest absolute Gasteiger partial charge is 0.394 e. The summed E-state index contributed by atoms with van der Waals surface area (Å²) < 4.78 is 2.05. The Morgan fingerprint density at radius 2 is 1.74 bits per heavy atom. The van der Waals surface area contributed by atoms with Crippen molar-refractivity contribution in [2.45, 2.75) is 59.9 Å². The number of piperidine rings is 1. The molecule has 2 heterocycles. The number of nitrogens with two attached hydrogens (primary N) is 1. The second-order valence-electron chi connectivity index (χ2n) is 5.83. The van der Waals surface area contributed by atoms with Crippen LogP contribution in [0.1, 0.15) is 52.1 Å². The van der Waals surface area contributed by atoms with Gasteiger partial charge in [0, 0.05) is 19.6 Å². The van der Waals surface area contributed by atoms with E-state index < -0.39 is 0 Å². The van der Waals surface area contributed by atoms with E-state index >= 15 is 0 Å². The van der Waals surface area contributed by atoms with E-state index in [1.54, 1.807) is 0 Å². The highest BCUT2D eigenvalue weighted by Gasteiger charge is 2.33. The molecular weight excluding hydrogens is 236 g/mol. The maximum atomic E-state index is 6.22. The van der Waals surface area contributed by atoms with Gasteiger partial charge in [-0.05, 0) is 32.1 Å². The van der Waals surface area contributed by atoms with Crippen LogP contribution in [0, 0.1) is 12.3 Å². The lowest BCUT2D eigenvalue weighted by Gasteiger charge is -2.42. The number of anilines is 2. The van der Waals surface area contributed by atoms with Gasteiger partial charge in [-0.3, -0.25) is 0 Å². The minimum Gasteiger partial charge on any atom is -0.394 e. The first kappa shape index (κ1) is 14.2. The molecule has 2 N–H and O–H groups in total. The van der Waals surface area contributed by atoms with E-state index in [0.29, 0.717) is 5.41 Å². The summed E-state index contributed by atoms with van der Waals surface area (Å²) in [4.78, 5) is 2.43. The molecule has 0 aromatic carbocycles. The molecule has 0 radical (unpaired) electrons. The van der Waals surface area contributed by atoms with Crippen LogP contribution in [0.25, 0.3) is 0 Å². The van der Waals surface area contributed by atoms with Crippen LogP contribution >= 0.6 is 0 Å². The second kappa shape index (κ2) is 5.43. The molecular formula is C15H28N4. The predicted molar refractivity (Wildman–Crippen MR) is 81.5 cm³/mol. The lowest BCUT2D eigenvalue weighted by atomic mass is 9.74. The number of nitrogen functional groups attached to an aromatic ring is 1. The maximum absolute atomic E-state index is 6.22. The van der Waals surface area contributed by atoms with E-state index in [1.807, 2.05) is 6.92 Å². The molecule has 0 bridgehead atoms. The maximum Gasteiger partial charge on any atom is 0.150 e. The van der Waals surface area contributed by atoms with Crippen LogP contribution in [-0.4, -0.2) is 22.9 Å². The van der Waals surface area contributed by atoms with Crippen LogP contribution < -0.4 is 10.6 Å². The van der Waals surface area contributed by atoms with Crippen LogP contribution in [0.15, 0.2) is 0 Å². The molecule has 1 aliphatic rings. The monoisotopic (exact) mass is 264 g/mol. The molecule has 1 saturated heterocycles. The highest BCUT2D eigenvalue weighted by atomic mass is 15.4. The summed E-state index contributed by atoms with van der Waals surface area (Å²) in [6.07, 6.45) is 5.12. The minimum absolute atomic E-state index is 0.553. The first-order valence-electron chi connectivity index (χ1n) is 7.64. The van der Waals surface area contributed by atoms with Crippen molar-refractivity contribution >= 4 is 11.5 Å². The van der Waals surface area contributed by atoms with E-state index in [-0.39, 0.29) is 0 Å². The second-order valence-corrected chi connectivity index (χ2v) is 5.83. The summed E-state index contributed by atoms with van der Waals surface area (Å²) in [5.41, 5.74) is 8.59. The Bertz CT molecular complexity index is 422. The van der Waals surface area contributed by atoms with Crippen molar-refractivity contribution in [3.05, 3.63) is 5.69 Å². The summed E-state index contributed by atoms with van der Waals surface area (Å²) in [7, 11) is 0. The quantitative estimate of drug-likeness (QED) is 0.908. The third-order valence-electron chi connectivity index (χ3n) is 5.07. The van der Waals surface area contributed by atoms with Crippen LogP contribution in [0.2, 0.25) is 0 Å². The van der Waals surface area contributed by atoms with Gasteiger partial charge in [0.15, 0.2) is 5.82 Å². The summed E-state index contributed by atoms with van der Waals surface area (Å²) >= 11 is 0. The van der Waals surface area contributed by atoms with Crippen molar-refractivity contribution in [2.24, 2.45) is 5.41 Å². The van der Waals surface area contributed by atoms with Gasteiger partial charge in [0.25, 0.3) is 0 Å². The molecule has 108 valence electrons. The third-order valence-corrected chi connectivity index (χ3v) is 5.07. The standard InChI is InChI=1S/C15H28N4/c1-5-15(6-2)8-10-18(11-9-15)14-13(16)12(4)17-19(14)7-3/h5-11,16H2,1-4H3. The van der Waals surface area contributed by atoms with E-state index in [1.165, 1.54) is 25.7 Å². The highest BCUT2D eigenvalue weighted by molar-refractivity contribution is 5.66. The summed E-state index contributed by atoms with van der Waals surface area (Å²) in [6.45, 7) is 11.9. The molecule has 4 heteroatoms. The number of hydrogen-bond donors (Lipinski definition) is 1. The lowest BCUT2D eigenvalue weighted by molar-refractivity contribution is 0.198. The van der Waals surface area contributed by atoms with Gasteiger partial charge in [0.1, 0.15) is 0 Å². The molecule has 0 atom stereocenters. The number of aromatic nitrogens is 2. The van der Waals surface area contributed by atoms with Crippen LogP contribution in [0.4, 0.5) is 11.5 Å². The number of aryl methyl sites for hydroxylation is 2. The molecule has 1 aromatic rings. The average molecular weight is 264 g/mol. The van der Waals surface area contributed by atoms with E-state index in [0.717, 1.165) is 36.8 Å². The third kappa shape index (κ3) is 2.45. The lowest BCUT2D eigenvalue weighted by Crippen LogP contribution is -2.40. The fourth-order valence-electron chi connectivity index (χ4n) is 3.29. The number of rotatable bonds is 4. The normalized spacial score (nSPS) is 18.8. The molecule has 0 unspecified atom stereocenters. The Labute approximate surface area is 117 Å². The molecule has 0 aliphatic carbocycles. The Morgan fingerprint density at radius 3 is 2.21 bits per heavy atom. The van der Waals surface area contributed by atoms with Crippen molar-refractivity contribution in [3.63, 3.8) is 0 Å². The Balaban J connectivity index is 2.18. The fourth-order valence-corrected chi connectivity index (χ4v) is 3.29. The van der Waals surface area contributed by atoms with Gasteiger partial charge in [-0.1, -0.05) is 26.7 Å². The number of hydrogen-bond acceptors (Lipinski definition) is 3. The van der Waals surface area contributed by atoms with Crippen molar-refractivity contribution in [1.82, 2.24) is 9.78 Å². The Kier molecular flexibility index (Phi) is 4.07. The van der Waals surface area contributed by atoms with Crippen molar-refractivity contribution < 1.29 is 0 Å². The average Bonchev–Trinajstić information content (AvgIpc) is 2.74. The first-order chi connectivity index (χ1) is 9.06. The molecule has 0 spiro atoms. The first-order valence-corrected chi connectivity index (χ1v) is 7.64. The van der Waals surface area contributed by atoms with Gasteiger partial charge in [0.05, 0.1) is 11.4 Å². The zero-order chi connectivity index (χ0) is 14.0. The highest BCUT2D eigenvalue weighted by Crippen LogP contribution is 2.40.